The Balaban J connectivity index is 2.01. The number of H-pyrrole nitrogens is 1. The predicted octanol–water partition coefficient (Wildman–Crippen LogP) is 4.50. The number of pyridine rings is 1. The molecule has 3 rings (SSSR count). The van der Waals surface area contributed by atoms with Crippen LogP contribution in [0.25, 0.3) is 22.0 Å². The Kier molecular flexibility index (Phi) is 5.44. The summed E-state index contributed by atoms with van der Waals surface area (Å²) in [5.41, 5.74) is 8.46. The van der Waals surface area contributed by atoms with Gasteiger partial charge in [0.25, 0.3) is 0 Å². The van der Waals surface area contributed by atoms with Gasteiger partial charge in [-0.15, -0.1) is 0 Å². The molecule has 0 aliphatic carbocycles. The van der Waals surface area contributed by atoms with E-state index in [9.17, 15) is 18.0 Å². The average molecular weight is 415 g/mol. The minimum absolute atomic E-state index is 0.0179. The van der Waals surface area contributed by atoms with Gasteiger partial charge in [0.1, 0.15) is 12.2 Å². The van der Waals surface area contributed by atoms with Gasteiger partial charge >= 0.3 is 6.18 Å². The van der Waals surface area contributed by atoms with Crippen LogP contribution in [0.15, 0.2) is 30.5 Å². The van der Waals surface area contributed by atoms with Gasteiger partial charge in [0.2, 0.25) is 5.91 Å². The van der Waals surface area contributed by atoms with Crippen LogP contribution < -0.4 is 11.1 Å². The first kappa shape index (κ1) is 21.2. The number of nitrogens with two attached hydrogens (primary N) is 1. The van der Waals surface area contributed by atoms with Crippen molar-refractivity contribution in [3.8, 4) is 23.0 Å². The van der Waals surface area contributed by atoms with Crippen LogP contribution in [-0.2, 0) is 4.79 Å². The summed E-state index contributed by atoms with van der Waals surface area (Å²) < 4.78 is 37.2. The first-order valence-corrected chi connectivity index (χ1v) is 9.05. The van der Waals surface area contributed by atoms with Crippen LogP contribution in [0, 0.1) is 17.3 Å². The molecule has 0 radical (unpaired) electrons. The summed E-state index contributed by atoms with van der Waals surface area (Å²) in [6.07, 6.45) is -4.77. The number of nitrogen functional groups attached to an aromatic ring is 1. The number of halogens is 3. The van der Waals surface area contributed by atoms with Crippen molar-refractivity contribution in [3.05, 3.63) is 36.0 Å². The lowest BCUT2D eigenvalue weighted by atomic mass is 9.96. The number of amides is 1. The summed E-state index contributed by atoms with van der Waals surface area (Å²) in [5, 5.41) is 9.75. The maximum atomic E-state index is 12.4. The van der Waals surface area contributed by atoms with Crippen LogP contribution in [0.1, 0.15) is 32.8 Å². The third-order valence-corrected chi connectivity index (χ3v) is 4.00. The van der Waals surface area contributed by atoms with Crippen molar-refractivity contribution in [2.45, 2.75) is 33.4 Å². The van der Waals surface area contributed by atoms with E-state index in [0.717, 1.165) is 0 Å². The van der Waals surface area contributed by atoms with Gasteiger partial charge < -0.3 is 11.1 Å². The van der Waals surface area contributed by atoms with E-state index >= 15 is 0 Å². The highest BCUT2D eigenvalue weighted by Gasteiger charge is 2.31. The number of carbonyl (C=O) groups is 1. The highest BCUT2D eigenvalue weighted by molar-refractivity contribution is 5.96. The SMILES string of the molecule is CC(C)(C)C#Cc1cc(-c2ccnc(NC(=O)CC(F)(F)F)c2)cc2c(N)n[nH]c12. The van der Waals surface area contributed by atoms with E-state index in [-0.39, 0.29) is 11.2 Å². The Morgan fingerprint density at radius 3 is 2.60 bits per heavy atom. The van der Waals surface area contributed by atoms with Crippen LogP contribution >= 0.6 is 0 Å². The van der Waals surface area contributed by atoms with Crippen molar-refractivity contribution in [1.29, 1.82) is 0 Å². The zero-order valence-corrected chi connectivity index (χ0v) is 16.6. The largest absolute Gasteiger partial charge is 0.397 e. The van der Waals surface area contributed by atoms with Crippen molar-refractivity contribution in [1.82, 2.24) is 15.2 Å². The molecule has 30 heavy (non-hydrogen) atoms. The van der Waals surface area contributed by atoms with Gasteiger partial charge in [-0.05, 0) is 56.2 Å². The summed E-state index contributed by atoms with van der Waals surface area (Å²) in [7, 11) is 0. The van der Waals surface area contributed by atoms with Crippen LogP contribution in [0.2, 0.25) is 0 Å². The molecule has 6 nitrogen and oxygen atoms in total. The highest BCUT2D eigenvalue weighted by Crippen LogP contribution is 2.30. The Labute approximate surface area is 171 Å². The van der Waals surface area contributed by atoms with E-state index in [1.165, 1.54) is 12.3 Å². The number of hydrogen-bond acceptors (Lipinski definition) is 4. The predicted molar refractivity (Wildman–Crippen MR) is 109 cm³/mol. The van der Waals surface area contributed by atoms with Gasteiger partial charge in [-0.3, -0.25) is 9.89 Å². The number of aromatic amines is 1. The van der Waals surface area contributed by atoms with Crippen molar-refractivity contribution in [3.63, 3.8) is 0 Å². The maximum absolute atomic E-state index is 12.4. The van der Waals surface area contributed by atoms with Gasteiger partial charge in [-0.1, -0.05) is 11.8 Å². The van der Waals surface area contributed by atoms with Gasteiger partial charge in [-0.2, -0.15) is 18.3 Å². The third kappa shape index (κ3) is 5.29. The number of alkyl halides is 3. The van der Waals surface area contributed by atoms with Crippen LogP contribution in [0.5, 0.6) is 0 Å². The maximum Gasteiger partial charge on any atom is 0.397 e. The first-order chi connectivity index (χ1) is 13.9. The Bertz CT molecular complexity index is 1160. The zero-order valence-electron chi connectivity index (χ0n) is 16.6. The molecule has 0 aliphatic heterocycles. The van der Waals surface area contributed by atoms with E-state index in [4.69, 9.17) is 5.73 Å². The summed E-state index contributed by atoms with van der Waals surface area (Å²) in [6, 6.07) is 6.80. The molecule has 9 heteroatoms. The third-order valence-electron chi connectivity index (χ3n) is 4.00. The molecule has 2 aromatic heterocycles. The lowest BCUT2D eigenvalue weighted by Gasteiger charge is -2.10. The van der Waals surface area contributed by atoms with Crippen molar-refractivity contribution in [2.24, 2.45) is 5.41 Å². The molecule has 1 amide bonds. The fourth-order valence-electron chi connectivity index (χ4n) is 2.71. The second-order valence-electron chi connectivity index (χ2n) is 7.83. The van der Waals surface area contributed by atoms with Gasteiger partial charge in [0.05, 0.1) is 11.1 Å². The quantitative estimate of drug-likeness (QED) is 0.549. The molecular formula is C21H20F3N5O. The van der Waals surface area contributed by atoms with Crippen LogP contribution in [-0.4, -0.2) is 27.3 Å². The lowest BCUT2D eigenvalue weighted by Crippen LogP contribution is -2.21. The van der Waals surface area contributed by atoms with E-state index in [1.807, 2.05) is 26.8 Å². The van der Waals surface area contributed by atoms with E-state index in [0.29, 0.717) is 33.4 Å². The minimum atomic E-state index is -4.59. The minimum Gasteiger partial charge on any atom is -0.382 e. The molecule has 2 heterocycles. The first-order valence-electron chi connectivity index (χ1n) is 9.05. The number of fused-ring (bicyclic) bond motifs is 1. The molecule has 0 saturated carbocycles. The normalized spacial score (nSPS) is 11.8. The number of hydrogen-bond donors (Lipinski definition) is 3. The van der Waals surface area contributed by atoms with Crippen LogP contribution in [0.3, 0.4) is 0 Å². The van der Waals surface area contributed by atoms with Crippen molar-refractivity contribution < 1.29 is 18.0 Å². The summed E-state index contributed by atoms with van der Waals surface area (Å²) in [5.74, 6) is 5.44. The average Bonchev–Trinajstić information content (AvgIpc) is 2.99. The monoisotopic (exact) mass is 415 g/mol. The molecule has 0 unspecified atom stereocenters. The topological polar surface area (TPSA) is 96.7 Å². The van der Waals surface area contributed by atoms with Crippen molar-refractivity contribution in [2.75, 3.05) is 11.1 Å². The molecule has 0 fully saturated rings. The second-order valence-corrected chi connectivity index (χ2v) is 7.83. The van der Waals surface area contributed by atoms with Crippen LogP contribution in [0.4, 0.5) is 24.8 Å². The molecule has 156 valence electrons. The number of aromatic nitrogens is 3. The van der Waals surface area contributed by atoms with Crippen molar-refractivity contribution >= 4 is 28.4 Å². The fourth-order valence-corrected chi connectivity index (χ4v) is 2.71. The standard InChI is InChI=1S/C21H20F3N5O/c1-20(2,3)6-4-13-8-14(9-15-18(13)28-29-19(15)25)12-5-7-26-16(10-12)27-17(30)11-21(22,23)24/h5,7-10H,11H2,1-3H3,(H3,25,28,29)(H,26,27,30). The molecule has 0 atom stereocenters. The Morgan fingerprint density at radius 1 is 1.20 bits per heavy atom. The lowest BCUT2D eigenvalue weighted by molar-refractivity contribution is -0.150. The highest BCUT2D eigenvalue weighted by atomic mass is 19.4. The van der Waals surface area contributed by atoms with E-state index < -0.39 is 18.5 Å². The molecule has 3 aromatic rings. The molecule has 0 aliphatic rings. The molecule has 0 spiro atoms. The summed E-state index contributed by atoms with van der Waals surface area (Å²) in [4.78, 5) is 15.5. The number of rotatable bonds is 3. The van der Waals surface area contributed by atoms with E-state index in [2.05, 4.69) is 32.3 Å². The number of nitrogens with zero attached hydrogens (tertiary/aromatic N) is 2. The number of nitrogens with one attached hydrogen (secondary N) is 2. The summed E-state index contributed by atoms with van der Waals surface area (Å²) >= 11 is 0. The zero-order chi connectivity index (χ0) is 22.1. The smallest absolute Gasteiger partial charge is 0.382 e. The summed E-state index contributed by atoms with van der Waals surface area (Å²) in [6.45, 7) is 5.96. The number of carbonyl (C=O) groups excluding carboxylic acids is 1. The van der Waals surface area contributed by atoms with E-state index in [1.54, 1.807) is 12.1 Å². The van der Waals surface area contributed by atoms with Gasteiger partial charge in [0.15, 0.2) is 5.82 Å². The number of anilines is 2. The molecule has 1 aromatic carbocycles. The number of benzene rings is 1. The Hall–Kier alpha value is -3.54. The molecule has 4 N–H and O–H groups in total. The Morgan fingerprint density at radius 2 is 1.93 bits per heavy atom. The fraction of sp³-hybridized carbons (Fsp3) is 0.286. The van der Waals surface area contributed by atoms with Gasteiger partial charge in [-0.25, -0.2) is 4.98 Å². The molecular weight excluding hydrogens is 395 g/mol. The molecule has 0 bridgehead atoms. The molecule has 0 saturated heterocycles. The second kappa shape index (κ2) is 7.71. The van der Waals surface area contributed by atoms with Gasteiger partial charge in [0, 0.05) is 17.0 Å².